The number of carbonyl (C=O) groups excluding carboxylic acids is 2. The van der Waals surface area contributed by atoms with Gasteiger partial charge in [-0.3, -0.25) is 24.0 Å². The number of nitrogens with one attached hydrogen (secondary N) is 4. The Hall–Kier alpha value is -6.57. The molecule has 2 atom stereocenters. The number of amides is 2. The number of nitrogen functional groups attached to an aromatic ring is 1. The lowest BCUT2D eigenvalue weighted by Gasteiger charge is -2.29. The third kappa shape index (κ3) is 30.6. The minimum atomic E-state index is -1.28. The zero-order valence-corrected chi connectivity index (χ0v) is 53.7. The summed E-state index contributed by atoms with van der Waals surface area (Å²) in [6.45, 7) is 8.14. The molecule has 1 aliphatic heterocycles. The van der Waals surface area contributed by atoms with Crippen molar-refractivity contribution < 1.29 is 29.0 Å². The predicted molar refractivity (Wildman–Crippen MR) is 354 cm³/mol. The van der Waals surface area contributed by atoms with Crippen LogP contribution in [0.1, 0.15) is 241 Å². The number of aromatic amines is 1. The number of aromatic nitrogens is 7. The Bertz CT molecular complexity index is 2710. The van der Waals surface area contributed by atoms with Gasteiger partial charge in [0.25, 0.3) is 11.5 Å². The van der Waals surface area contributed by atoms with Crippen molar-refractivity contribution in [3.63, 3.8) is 0 Å². The fourth-order valence-corrected chi connectivity index (χ4v) is 10.9. The molecule has 0 saturated carbocycles. The molecule has 3 aromatic heterocycles. The molecule has 0 bridgehead atoms. The second-order valence-electron chi connectivity index (χ2n) is 23.9. The molecule has 4 heterocycles. The summed E-state index contributed by atoms with van der Waals surface area (Å²) in [6, 6.07) is 5.12. The molecule has 486 valence electrons. The highest BCUT2D eigenvalue weighted by Crippen LogP contribution is 2.35. The normalized spacial score (nSPS) is 14.6. The zero-order chi connectivity index (χ0) is 62.7. The van der Waals surface area contributed by atoms with E-state index < -0.39 is 29.3 Å². The molecule has 1 aliphatic rings. The van der Waals surface area contributed by atoms with Crippen molar-refractivity contribution in [1.82, 2.24) is 50.5 Å². The van der Waals surface area contributed by atoms with Gasteiger partial charge in [-0.2, -0.15) is 4.98 Å². The number of hydrogen-bond acceptors (Lipinski definition) is 14. The van der Waals surface area contributed by atoms with Gasteiger partial charge in [0, 0.05) is 43.6 Å². The number of H-pyrrole nitrogens is 1. The van der Waals surface area contributed by atoms with E-state index in [-0.39, 0.29) is 60.6 Å². The van der Waals surface area contributed by atoms with Crippen LogP contribution in [0.25, 0.3) is 11.2 Å². The lowest BCUT2D eigenvalue weighted by molar-refractivity contribution is -0.180. The molecule has 0 unspecified atom stereocenters. The third-order valence-corrected chi connectivity index (χ3v) is 16.0. The average Bonchev–Trinajstić information content (AvgIpc) is 3.09. The number of benzene rings is 1. The number of rotatable bonds is 50. The van der Waals surface area contributed by atoms with Gasteiger partial charge in [0.1, 0.15) is 11.7 Å². The highest BCUT2D eigenvalue weighted by molar-refractivity contribution is 5.97. The maximum atomic E-state index is 13.0. The quantitative estimate of drug-likeness (QED) is 0.0177. The van der Waals surface area contributed by atoms with Crippen LogP contribution < -0.4 is 27.2 Å². The third-order valence-electron chi connectivity index (χ3n) is 16.0. The Balaban J connectivity index is 0.923. The van der Waals surface area contributed by atoms with Gasteiger partial charge in [-0.25, -0.2) is 14.8 Å². The number of hydrogen-bond donors (Lipinski definition) is 6. The molecule has 5 rings (SSSR count). The molecule has 19 nitrogen and oxygen atoms in total. The second kappa shape index (κ2) is 44.0. The van der Waals surface area contributed by atoms with E-state index in [0.717, 1.165) is 77.3 Å². The monoisotopic (exact) mass is 1220 g/mol. The number of aliphatic carboxylic acids is 1. The van der Waals surface area contributed by atoms with Crippen molar-refractivity contribution in [1.29, 1.82) is 0 Å². The molecule has 88 heavy (non-hydrogen) atoms. The second-order valence-corrected chi connectivity index (χ2v) is 23.9. The highest BCUT2D eigenvalue weighted by Gasteiger charge is 2.40. The first-order valence-corrected chi connectivity index (χ1v) is 33.6. The largest absolute Gasteiger partial charge is 0.480 e. The maximum Gasteiger partial charge on any atom is 0.326 e. The molecular formula is C69H108N12O7. The number of anilines is 2. The first kappa shape index (κ1) is 72.2. The summed E-state index contributed by atoms with van der Waals surface area (Å²) in [5.74, 6) is -2.71. The van der Waals surface area contributed by atoms with Crippen molar-refractivity contribution in [2.75, 3.05) is 37.8 Å². The van der Waals surface area contributed by atoms with Gasteiger partial charge < -0.3 is 41.2 Å². The van der Waals surface area contributed by atoms with Crippen LogP contribution in [0.5, 0.6) is 0 Å². The van der Waals surface area contributed by atoms with E-state index in [0.29, 0.717) is 30.2 Å². The number of nitrogens with two attached hydrogens (primary N) is 1. The predicted octanol–water partition coefficient (Wildman–Crippen LogP) is 13.8. The Morgan fingerprint density at radius 3 is 1.94 bits per heavy atom. The maximum absolute atomic E-state index is 13.0. The van der Waals surface area contributed by atoms with Gasteiger partial charge in [-0.05, 0) is 134 Å². The van der Waals surface area contributed by atoms with Crippen LogP contribution in [0.15, 0.2) is 90.1 Å². The minimum absolute atomic E-state index is 0.0495. The van der Waals surface area contributed by atoms with Crippen molar-refractivity contribution >= 4 is 40.6 Å². The number of unbranched alkanes of at least 4 members (excludes halogenated alkanes) is 21. The molecular weight excluding hydrogens is 1110 g/mol. The Kier molecular flexibility index (Phi) is 36.1. The number of likely N-dealkylation sites (N-methyl/N-ethyl adjacent to an activating group) is 1. The average molecular weight is 1220 g/mol. The first-order valence-electron chi connectivity index (χ1n) is 33.6. The van der Waals surface area contributed by atoms with Crippen molar-refractivity contribution in [2.45, 2.75) is 257 Å². The fourth-order valence-electron chi connectivity index (χ4n) is 10.9. The van der Waals surface area contributed by atoms with Crippen LogP contribution in [-0.2, 0) is 38.7 Å². The smallest absolute Gasteiger partial charge is 0.326 e. The number of aryl methyl sites for hydroxylation is 1. The minimum Gasteiger partial charge on any atom is -0.480 e. The van der Waals surface area contributed by atoms with Crippen LogP contribution in [0, 0.1) is 0 Å². The number of carboxylic acids is 1. The first-order chi connectivity index (χ1) is 43.0. The molecule has 1 aromatic carbocycles. The van der Waals surface area contributed by atoms with E-state index in [9.17, 15) is 24.3 Å². The number of nitrogens with zero attached hydrogens (tertiary/aromatic N) is 7. The lowest BCUT2D eigenvalue weighted by atomic mass is 9.98. The molecule has 2 amide bonds. The van der Waals surface area contributed by atoms with Crippen molar-refractivity contribution in [2.24, 2.45) is 0 Å². The van der Waals surface area contributed by atoms with E-state index in [1.165, 1.54) is 135 Å². The van der Waals surface area contributed by atoms with Crippen molar-refractivity contribution in [3.8, 4) is 0 Å². The molecule has 0 radical (unpaired) electrons. The Morgan fingerprint density at radius 1 is 0.750 bits per heavy atom. The van der Waals surface area contributed by atoms with Gasteiger partial charge in [0.05, 0.1) is 43.9 Å². The van der Waals surface area contributed by atoms with Crippen LogP contribution in [0.3, 0.4) is 0 Å². The Morgan fingerprint density at radius 2 is 1.33 bits per heavy atom. The topological polar surface area (TPSA) is 257 Å². The van der Waals surface area contributed by atoms with Gasteiger partial charge in [-0.15, -0.1) is 5.10 Å². The number of allylic oxidation sites excluding steroid dienone is 8. The van der Waals surface area contributed by atoms with Crippen LogP contribution >= 0.6 is 0 Å². The van der Waals surface area contributed by atoms with Gasteiger partial charge in [0.2, 0.25) is 11.9 Å². The zero-order valence-electron chi connectivity index (χ0n) is 53.7. The molecule has 4 aromatic rings. The fraction of sp³-hybridized carbons (Fsp3) is 0.638. The summed E-state index contributed by atoms with van der Waals surface area (Å²) in [5.41, 5.74) is 7.25. The van der Waals surface area contributed by atoms with E-state index in [1.54, 1.807) is 28.9 Å². The highest BCUT2D eigenvalue weighted by atomic mass is 16.7. The van der Waals surface area contributed by atoms with Gasteiger partial charge >= 0.3 is 5.97 Å². The number of carbonyl (C=O) groups is 3. The van der Waals surface area contributed by atoms with E-state index >= 15 is 0 Å². The van der Waals surface area contributed by atoms with Crippen LogP contribution in [0.2, 0.25) is 0 Å². The molecule has 19 heteroatoms. The van der Waals surface area contributed by atoms with Crippen LogP contribution in [-0.4, -0.2) is 107 Å². The number of fused-ring (bicyclic) bond motifs is 1. The number of ether oxygens (including phenoxy) is 2. The SMILES string of the molecule is CCCCC/C=C\C/C=C\CCCCCCCCC1(CCCCCCCC/C=C\C/C=C\CCCCC)OC[C@H](CN(C)CCCCCCn2cc(CNC(=O)CC[C@H](NC(=O)c3ccc(NCc4cnc5nc(N)[nH]c(=O)c5n4)cc3)C(=O)O)nn2)O1. The van der Waals surface area contributed by atoms with Crippen LogP contribution in [0.4, 0.5) is 11.6 Å². The van der Waals surface area contributed by atoms with E-state index in [4.69, 9.17) is 15.2 Å². The summed E-state index contributed by atoms with van der Waals surface area (Å²) in [6.07, 6.45) is 57.9. The van der Waals surface area contributed by atoms with E-state index in [1.807, 2.05) is 6.20 Å². The molecule has 0 spiro atoms. The molecule has 1 saturated heterocycles. The lowest BCUT2D eigenvalue weighted by Crippen LogP contribution is -2.41. The summed E-state index contributed by atoms with van der Waals surface area (Å²) < 4.78 is 15.4. The van der Waals surface area contributed by atoms with Gasteiger partial charge in [0.15, 0.2) is 17.0 Å². The van der Waals surface area contributed by atoms with Crippen molar-refractivity contribution in [3.05, 3.63) is 113 Å². The van der Waals surface area contributed by atoms with Gasteiger partial charge in [-0.1, -0.05) is 158 Å². The molecule has 1 fully saturated rings. The van der Waals surface area contributed by atoms with E-state index in [2.05, 4.69) is 121 Å². The summed E-state index contributed by atoms with van der Waals surface area (Å²) in [5, 5.41) is 26.8. The summed E-state index contributed by atoms with van der Waals surface area (Å²) in [7, 11) is 2.20. The standard InChI is InChI=1S/C69H108N12O7/c1-4-6-8-10-12-14-16-18-20-22-24-26-28-30-32-36-46-69(47-37-33-31-29-27-25-23-21-19-17-15-13-11-9-7-5-2)87-55-60(88-69)54-80(3)48-38-34-35-39-49-81-53-59(78-79-81)52-72-62(82)45-44-61(67(85)86)75-65(83)56-40-42-57(43-41-56)71-50-58-51-73-64-63(74-58)66(84)77-68(70)76-64/h12-15,18-21,40-43,51,53,60-61,71H,4-11,16-17,22-39,44-50,52,54-55H2,1-3H3,(H,72,82)(H,75,83)(H,85,86)(H3,70,73,76,77,84)/b14-12-,15-13-,20-18-,21-19-/t60-,61-/m0/s1. The Labute approximate surface area is 525 Å². The molecule has 0 aliphatic carbocycles. The summed E-state index contributed by atoms with van der Waals surface area (Å²) >= 11 is 0. The number of carboxylic acid groups (broad SMARTS) is 1. The summed E-state index contributed by atoms with van der Waals surface area (Å²) in [4.78, 5) is 67.3. The molecule has 7 N–H and O–H groups in total.